The van der Waals surface area contributed by atoms with Gasteiger partial charge in [0.15, 0.2) is 0 Å². The number of unbranched alkanes of at least 4 members (excludes halogenated alkanes) is 1. The van der Waals surface area contributed by atoms with Crippen molar-refractivity contribution in [1.29, 1.82) is 0 Å². The maximum atomic E-state index is 12.5. The van der Waals surface area contributed by atoms with Gasteiger partial charge >= 0.3 is 11.9 Å². The highest BCUT2D eigenvalue weighted by Gasteiger charge is 2.40. The first kappa shape index (κ1) is 18.2. The fourth-order valence-electron chi connectivity index (χ4n) is 2.94. The van der Waals surface area contributed by atoms with Crippen molar-refractivity contribution in [1.82, 2.24) is 0 Å². The maximum absolute atomic E-state index is 12.5. The van der Waals surface area contributed by atoms with Crippen LogP contribution in [0.5, 0.6) is 0 Å². The molecular weight excluding hydrogens is 304 g/mol. The summed E-state index contributed by atoms with van der Waals surface area (Å²) in [6, 6.07) is 9.55. The van der Waals surface area contributed by atoms with Gasteiger partial charge in [-0.2, -0.15) is 0 Å². The van der Waals surface area contributed by atoms with E-state index in [1.807, 2.05) is 56.3 Å². The molecule has 4 heteroatoms. The lowest BCUT2D eigenvalue weighted by atomic mass is 9.76. The van der Waals surface area contributed by atoms with Crippen LogP contribution in [0, 0.1) is 17.8 Å². The van der Waals surface area contributed by atoms with E-state index in [0.29, 0.717) is 13.0 Å². The molecule has 4 nitrogen and oxygen atoms in total. The quantitative estimate of drug-likeness (QED) is 0.432. The van der Waals surface area contributed by atoms with Crippen LogP contribution >= 0.6 is 0 Å². The van der Waals surface area contributed by atoms with Crippen LogP contribution in [0.1, 0.15) is 38.7 Å². The molecule has 0 saturated carbocycles. The number of esters is 2. The molecular formula is C20H26O4. The summed E-state index contributed by atoms with van der Waals surface area (Å²) in [5.41, 5.74) is 0.937. The number of rotatable bonds is 7. The van der Waals surface area contributed by atoms with Gasteiger partial charge in [-0.3, -0.25) is 9.59 Å². The van der Waals surface area contributed by atoms with E-state index in [9.17, 15) is 9.59 Å². The Bertz CT molecular complexity index is 564. The Morgan fingerprint density at radius 1 is 1.12 bits per heavy atom. The van der Waals surface area contributed by atoms with Gasteiger partial charge in [0.05, 0.1) is 18.4 Å². The van der Waals surface area contributed by atoms with Gasteiger partial charge in [0, 0.05) is 0 Å². The first-order chi connectivity index (χ1) is 11.6. The van der Waals surface area contributed by atoms with Gasteiger partial charge in [-0.05, 0) is 24.3 Å². The number of benzene rings is 1. The minimum Gasteiger partial charge on any atom is -0.465 e. The second-order valence-electron chi connectivity index (χ2n) is 6.27. The van der Waals surface area contributed by atoms with Crippen LogP contribution < -0.4 is 0 Å². The fourth-order valence-corrected chi connectivity index (χ4v) is 2.94. The van der Waals surface area contributed by atoms with Crippen molar-refractivity contribution in [2.24, 2.45) is 17.8 Å². The SMILES string of the molecule is CCCCOC(=O)C1C(C)C=CCC1C(=O)OCc1ccccc1. The number of hydrogen-bond donors (Lipinski definition) is 0. The Morgan fingerprint density at radius 3 is 2.58 bits per heavy atom. The third-order valence-corrected chi connectivity index (χ3v) is 4.37. The summed E-state index contributed by atoms with van der Waals surface area (Å²) in [5, 5.41) is 0. The van der Waals surface area contributed by atoms with Crippen molar-refractivity contribution in [2.75, 3.05) is 6.61 Å². The van der Waals surface area contributed by atoms with Crippen molar-refractivity contribution in [3.8, 4) is 0 Å². The van der Waals surface area contributed by atoms with Crippen molar-refractivity contribution < 1.29 is 19.1 Å². The zero-order valence-corrected chi connectivity index (χ0v) is 14.4. The van der Waals surface area contributed by atoms with Gasteiger partial charge in [0.1, 0.15) is 6.61 Å². The van der Waals surface area contributed by atoms with E-state index in [0.717, 1.165) is 18.4 Å². The Morgan fingerprint density at radius 2 is 1.88 bits per heavy atom. The van der Waals surface area contributed by atoms with Crippen LogP contribution in [-0.4, -0.2) is 18.5 Å². The smallest absolute Gasteiger partial charge is 0.310 e. The average Bonchev–Trinajstić information content (AvgIpc) is 2.60. The summed E-state index contributed by atoms with van der Waals surface area (Å²) in [7, 11) is 0. The predicted octanol–water partition coefficient (Wildman–Crippen LogP) is 3.90. The standard InChI is InChI=1S/C20H26O4/c1-3-4-13-23-20(22)18-15(2)9-8-12-17(18)19(21)24-14-16-10-6-5-7-11-16/h5-11,15,17-18H,3-4,12-14H2,1-2H3. The summed E-state index contributed by atoms with van der Waals surface area (Å²) in [6.45, 7) is 4.63. The van der Waals surface area contributed by atoms with Gasteiger partial charge < -0.3 is 9.47 Å². The molecule has 2 rings (SSSR count). The number of ether oxygens (including phenoxy) is 2. The zero-order chi connectivity index (χ0) is 17.4. The molecule has 3 atom stereocenters. The van der Waals surface area contributed by atoms with Crippen LogP contribution in [0.15, 0.2) is 42.5 Å². The van der Waals surface area contributed by atoms with Crippen molar-refractivity contribution in [3.63, 3.8) is 0 Å². The van der Waals surface area contributed by atoms with Gasteiger partial charge in [-0.15, -0.1) is 0 Å². The Hall–Kier alpha value is -2.10. The second kappa shape index (κ2) is 9.26. The van der Waals surface area contributed by atoms with Gasteiger partial charge in [0.2, 0.25) is 0 Å². The third-order valence-electron chi connectivity index (χ3n) is 4.37. The Kier molecular flexibility index (Phi) is 7.04. The molecule has 0 radical (unpaired) electrons. The summed E-state index contributed by atoms with van der Waals surface area (Å²) in [6.07, 6.45) is 6.26. The Labute approximate surface area is 143 Å². The zero-order valence-electron chi connectivity index (χ0n) is 14.4. The first-order valence-corrected chi connectivity index (χ1v) is 8.67. The highest BCUT2D eigenvalue weighted by atomic mass is 16.5. The van der Waals surface area contributed by atoms with Crippen molar-refractivity contribution >= 4 is 11.9 Å². The highest BCUT2D eigenvalue weighted by molar-refractivity contribution is 5.83. The molecule has 1 aromatic rings. The predicted molar refractivity (Wildman–Crippen MR) is 92.0 cm³/mol. The topological polar surface area (TPSA) is 52.6 Å². The number of carbonyl (C=O) groups is 2. The minimum atomic E-state index is -0.470. The maximum Gasteiger partial charge on any atom is 0.310 e. The van der Waals surface area contributed by atoms with Crippen molar-refractivity contribution in [3.05, 3.63) is 48.0 Å². The molecule has 0 aliphatic heterocycles. The summed E-state index contributed by atoms with van der Waals surface area (Å²) < 4.78 is 10.8. The molecule has 3 unspecified atom stereocenters. The molecule has 1 aliphatic carbocycles. The van der Waals surface area contributed by atoms with Gasteiger partial charge in [-0.25, -0.2) is 0 Å². The molecule has 0 spiro atoms. The van der Waals surface area contributed by atoms with E-state index in [4.69, 9.17) is 9.47 Å². The highest BCUT2D eigenvalue weighted by Crippen LogP contribution is 2.32. The van der Waals surface area contributed by atoms with Crippen LogP contribution in [0.4, 0.5) is 0 Å². The summed E-state index contributed by atoms with van der Waals surface area (Å²) in [5.74, 6) is -1.57. The van der Waals surface area contributed by atoms with E-state index in [1.165, 1.54) is 0 Å². The molecule has 0 fully saturated rings. The largest absolute Gasteiger partial charge is 0.465 e. The van der Waals surface area contributed by atoms with Crippen molar-refractivity contribution in [2.45, 2.75) is 39.7 Å². The molecule has 0 aromatic heterocycles. The molecule has 1 aromatic carbocycles. The van der Waals surface area contributed by atoms with Crippen LogP contribution in [0.25, 0.3) is 0 Å². The summed E-state index contributed by atoms with van der Waals surface area (Å²) in [4.78, 5) is 24.9. The normalized spacial score (nSPS) is 22.8. The number of allylic oxidation sites excluding steroid dienone is 2. The molecule has 130 valence electrons. The first-order valence-electron chi connectivity index (χ1n) is 8.67. The lowest BCUT2D eigenvalue weighted by Gasteiger charge is -2.29. The van der Waals surface area contributed by atoms with Gasteiger partial charge in [-0.1, -0.05) is 62.8 Å². The van der Waals surface area contributed by atoms with Gasteiger partial charge in [0.25, 0.3) is 0 Å². The number of carbonyl (C=O) groups excluding carboxylic acids is 2. The average molecular weight is 330 g/mol. The van der Waals surface area contributed by atoms with E-state index >= 15 is 0 Å². The van der Waals surface area contributed by atoms with E-state index < -0.39 is 11.8 Å². The van der Waals surface area contributed by atoms with Crippen LogP contribution in [0.3, 0.4) is 0 Å². The molecule has 0 N–H and O–H groups in total. The summed E-state index contributed by atoms with van der Waals surface area (Å²) >= 11 is 0. The van der Waals surface area contributed by atoms with E-state index in [-0.39, 0.29) is 24.5 Å². The second-order valence-corrected chi connectivity index (χ2v) is 6.27. The molecule has 24 heavy (non-hydrogen) atoms. The minimum absolute atomic E-state index is 0.0258. The monoisotopic (exact) mass is 330 g/mol. The van der Waals surface area contributed by atoms with Crippen LogP contribution in [0.2, 0.25) is 0 Å². The van der Waals surface area contributed by atoms with E-state index in [2.05, 4.69) is 0 Å². The number of hydrogen-bond acceptors (Lipinski definition) is 4. The lowest BCUT2D eigenvalue weighted by Crippen LogP contribution is -2.37. The van der Waals surface area contributed by atoms with E-state index in [1.54, 1.807) is 0 Å². The lowest BCUT2D eigenvalue weighted by molar-refractivity contribution is -0.163. The molecule has 1 aliphatic rings. The van der Waals surface area contributed by atoms with Crippen LogP contribution in [-0.2, 0) is 25.7 Å². The molecule has 0 amide bonds. The molecule has 0 saturated heterocycles. The molecule has 0 bridgehead atoms. The molecule has 0 heterocycles. The fraction of sp³-hybridized carbons (Fsp3) is 0.500. The third kappa shape index (κ3) is 4.95. The Balaban J connectivity index is 1.98.